The number of hydrogen-bond acceptors (Lipinski definition) is 5. The summed E-state index contributed by atoms with van der Waals surface area (Å²) in [5, 5.41) is 8.80. The lowest BCUT2D eigenvalue weighted by atomic mass is 9.46. The molecule has 0 radical (unpaired) electrons. The molecule has 0 N–H and O–H groups in total. The van der Waals surface area contributed by atoms with Crippen LogP contribution in [0.15, 0.2) is 22.0 Å². The lowest BCUT2D eigenvalue weighted by Gasteiger charge is -2.58. The van der Waals surface area contributed by atoms with Crippen LogP contribution in [-0.4, -0.2) is 40.6 Å². The van der Waals surface area contributed by atoms with E-state index in [-0.39, 0.29) is 0 Å². The van der Waals surface area contributed by atoms with Crippen molar-refractivity contribution in [2.45, 2.75) is 84.9 Å². The highest BCUT2D eigenvalue weighted by Gasteiger charge is 2.59. The van der Waals surface area contributed by atoms with E-state index in [1.54, 1.807) is 19.8 Å². The molecule has 0 bridgehead atoms. The Morgan fingerprint density at radius 3 is 2.47 bits per heavy atom. The Morgan fingerprint density at radius 1 is 1.00 bits per heavy atom. The molecule has 0 saturated heterocycles. The van der Waals surface area contributed by atoms with Gasteiger partial charge in [-0.3, -0.25) is 0 Å². The summed E-state index contributed by atoms with van der Waals surface area (Å²) in [6, 6.07) is 0. The maximum Gasteiger partial charge on any atom is 0.184 e. The first-order valence-corrected chi connectivity index (χ1v) is 16.1. The molecule has 0 heterocycles. The van der Waals surface area contributed by atoms with Crippen molar-refractivity contribution in [3.05, 3.63) is 11.6 Å². The highest BCUT2D eigenvalue weighted by Crippen LogP contribution is 2.66. The van der Waals surface area contributed by atoms with E-state index in [2.05, 4.69) is 49.9 Å². The number of allylic oxidation sites excluding steroid dienone is 2. The molecule has 180 valence electrons. The molecule has 0 aromatic carbocycles. The van der Waals surface area contributed by atoms with Gasteiger partial charge in [0.05, 0.1) is 18.0 Å². The molecule has 32 heavy (non-hydrogen) atoms. The van der Waals surface area contributed by atoms with Crippen LogP contribution in [0.1, 0.15) is 65.2 Å². The quantitative estimate of drug-likeness (QED) is 0.261. The summed E-state index contributed by atoms with van der Waals surface area (Å²) >= 11 is 0. The topological polar surface area (TPSA) is 52.4 Å². The molecule has 3 fully saturated rings. The number of hydrogen-bond donors (Lipinski definition) is 0. The van der Waals surface area contributed by atoms with Crippen LogP contribution in [0.4, 0.5) is 0 Å². The van der Waals surface area contributed by atoms with Gasteiger partial charge in [-0.15, -0.1) is 0 Å². The van der Waals surface area contributed by atoms with Crippen molar-refractivity contribution in [2.75, 3.05) is 20.8 Å². The highest BCUT2D eigenvalue weighted by atomic mass is 28.4. The zero-order valence-corrected chi connectivity index (χ0v) is 22.4. The third-order valence-electron chi connectivity index (χ3n) is 9.45. The van der Waals surface area contributed by atoms with Gasteiger partial charge in [-0.25, -0.2) is 0 Å². The Kier molecular flexibility index (Phi) is 6.67. The molecule has 6 atom stereocenters. The van der Waals surface area contributed by atoms with Crippen molar-refractivity contribution in [2.24, 2.45) is 44.8 Å². The third-order valence-corrected chi connectivity index (χ3v) is 10.5. The number of fused-ring (bicyclic) bond motifs is 5. The minimum Gasteiger partial charge on any atom is -0.412 e. The predicted octanol–water partition coefficient (Wildman–Crippen LogP) is 6.42. The van der Waals surface area contributed by atoms with Crippen LogP contribution >= 0.6 is 0 Å². The van der Waals surface area contributed by atoms with Crippen molar-refractivity contribution in [1.82, 2.24) is 0 Å². The first kappa shape index (κ1) is 24.0. The second kappa shape index (κ2) is 8.90. The molecule has 5 nitrogen and oxygen atoms in total. The van der Waals surface area contributed by atoms with Gasteiger partial charge < -0.3 is 14.1 Å². The summed E-state index contributed by atoms with van der Waals surface area (Å²) in [7, 11) is 1.74. The van der Waals surface area contributed by atoms with Crippen LogP contribution in [0.3, 0.4) is 0 Å². The van der Waals surface area contributed by atoms with Gasteiger partial charge in [0.2, 0.25) is 0 Å². The van der Waals surface area contributed by atoms with E-state index in [0.717, 1.165) is 35.6 Å². The monoisotopic (exact) mass is 460 g/mol. The third kappa shape index (κ3) is 4.22. The number of rotatable bonds is 6. The summed E-state index contributed by atoms with van der Waals surface area (Å²) < 4.78 is 6.30. The molecule has 4 rings (SSSR count). The van der Waals surface area contributed by atoms with Crippen LogP contribution in [0.25, 0.3) is 0 Å². The molecule has 0 amide bonds. The van der Waals surface area contributed by atoms with Crippen molar-refractivity contribution in [1.29, 1.82) is 0 Å². The Morgan fingerprint density at radius 2 is 1.78 bits per heavy atom. The molecule has 6 unspecified atom stereocenters. The fourth-order valence-corrected chi connectivity index (χ4v) is 8.49. The molecule has 0 spiro atoms. The first-order valence-electron chi connectivity index (χ1n) is 12.7. The lowest BCUT2D eigenvalue weighted by molar-refractivity contribution is -0.0415. The van der Waals surface area contributed by atoms with Gasteiger partial charge in [0.1, 0.15) is 14.2 Å². The number of oxime groups is 2. The van der Waals surface area contributed by atoms with Crippen molar-refractivity contribution in [3.63, 3.8) is 0 Å². The zero-order valence-electron chi connectivity index (χ0n) is 21.4. The van der Waals surface area contributed by atoms with Crippen molar-refractivity contribution < 1.29 is 14.1 Å². The Bertz CT molecular complexity index is 801. The van der Waals surface area contributed by atoms with Gasteiger partial charge in [0, 0.05) is 5.92 Å². The summed E-state index contributed by atoms with van der Waals surface area (Å²) in [5.74, 6) is 2.89. The average molecular weight is 461 g/mol. The Hall–Kier alpha value is -1.14. The molecule has 3 saturated carbocycles. The SMILES string of the molecule is CON=C1C=C2CCC3C(CCC4(C)C(C(CO[Si](C)(C)C)=NOC)CCC34)C2(C)CC1. The molecule has 0 aliphatic heterocycles. The van der Waals surface area contributed by atoms with Crippen molar-refractivity contribution >= 4 is 19.7 Å². The zero-order chi connectivity index (χ0) is 23.1. The Labute approximate surface area is 196 Å². The highest BCUT2D eigenvalue weighted by molar-refractivity contribution is 6.69. The summed E-state index contributed by atoms with van der Waals surface area (Å²) in [6.45, 7) is 12.5. The average Bonchev–Trinajstić information content (AvgIpc) is 3.08. The minimum atomic E-state index is -1.60. The van der Waals surface area contributed by atoms with Crippen LogP contribution in [0, 0.1) is 34.5 Å². The van der Waals surface area contributed by atoms with E-state index in [4.69, 9.17) is 14.1 Å². The standard InChI is InChI=1S/C26H44N2O3Si/c1-25-14-12-19(27-29-3)16-18(25)8-9-20-21-10-11-23(26(21,2)15-13-22(20)25)24(28-30-4)17-31-32(5,6)7/h16,20-23H,8-15,17H2,1-7H3. The van der Waals surface area contributed by atoms with E-state index in [1.807, 2.05) is 0 Å². The van der Waals surface area contributed by atoms with E-state index in [0.29, 0.717) is 23.4 Å². The van der Waals surface area contributed by atoms with Gasteiger partial charge in [-0.2, -0.15) is 0 Å². The van der Waals surface area contributed by atoms with Crippen LogP contribution in [0.5, 0.6) is 0 Å². The number of nitrogens with zero attached hydrogens (tertiary/aromatic N) is 2. The molecule has 4 aliphatic rings. The van der Waals surface area contributed by atoms with Crippen molar-refractivity contribution in [3.8, 4) is 0 Å². The largest absolute Gasteiger partial charge is 0.412 e. The normalized spacial score (nSPS) is 40.9. The summed E-state index contributed by atoms with van der Waals surface area (Å²) in [6.07, 6.45) is 12.3. The first-order chi connectivity index (χ1) is 15.1. The fourth-order valence-electron chi connectivity index (χ4n) is 7.91. The molecular formula is C26H44N2O3Si. The lowest BCUT2D eigenvalue weighted by Crippen LogP contribution is -2.51. The minimum absolute atomic E-state index is 0.316. The van der Waals surface area contributed by atoms with E-state index >= 15 is 0 Å². The van der Waals surface area contributed by atoms with Crippen LogP contribution in [0.2, 0.25) is 19.6 Å². The second-order valence-electron chi connectivity index (χ2n) is 12.1. The van der Waals surface area contributed by atoms with Gasteiger partial charge >= 0.3 is 0 Å². The molecule has 0 aromatic heterocycles. The van der Waals surface area contributed by atoms with E-state index in [1.165, 1.54) is 44.9 Å². The summed E-state index contributed by atoms with van der Waals surface area (Å²) in [4.78, 5) is 10.4. The maximum atomic E-state index is 6.30. The maximum absolute atomic E-state index is 6.30. The van der Waals surface area contributed by atoms with Crippen LogP contribution in [-0.2, 0) is 14.1 Å². The van der Waals surface area contributed by atoms with Gasteiger partial charge in [-0.1, -0.05) is 29.7 Å². The van der Waals surface area contributed by atoms with Gasteiger partial charge in [-0.05, 0) is 106 Å². The van der Waals surface area contributed by atoms with E-state index < -0.39 is 8.32 Å². The molecule has 0 aromatic rings. The fraction of sp³-hybridized carbons (Fsp3) is 0.846. The van der Waals surface area contributed by atoms with Crippen LogP contribution < -0.4 is 0 Å². The Balaban J connectivity index is 1.56. The summed E-state index contributed by atoms with van der Waals surface area (Å²) in [5.41, 5.74) is 4.56. The van der Waals surface area contributed by atoms with E-state index in [9.17, 15) is 0 Å². The van der Waals surface area contributed by atoms with Gasteiger partial charge in [0.25, 0.3) is 0 Å². The molecule has 6 heteroatoms. The predicted molar refractivity (Wildman–Crippen MR) is 133 cm³/mol. The smallest absolute Gasteiger partial charge is 0.184 e. The van der Waals surface area contributed by atoms with Gasteiger partial charge in [0.15, 0.2) is 8.32 Å². The molecular weight excluding hydrogens is 416 g/mol. The molecule has 4 aliphatic carbocycles. The second-order valence-corrected chi connectivity index (χ2v) is 16.6.